The van der Waals surface area contributed by atoms with E-state index < -0.39 is 23.7 Å². The molecule has 0 heterocycles. The molecule has 0 radical (unpaired) electrons. The largest absolute Gasteiger partial charge is 0.533 e. The lowest BCUT2D eigenvalue weighted by Gasteiger charge is -2.38. The predicted molar refractivity (Wildman–Crippen MR) is 96.3 cm³/mol. The molecule has 0 aromatic rings. The third-order valence-electron chi connectivity index (χ3n) is 4.15. The van der Waals surface area contributed by atoms with E-state index in [0.29, 0.717) is 32.7 Å². The van der Waals surface area contributed by atoms with E-state index >= 15 is 0 Å². The summed E-state index contributed by atoms with van der Waals surface area (Å²) in [6.45, 7) is 10.6. The SMILES string of the molecule is CCCC1(S(=O)(=O)O)C=CC(C)=C([Si](OCC)(OCC)OCC)C1. The smallest absolute Gasteiger partial charge is 0.370 e. The van der Waals surface area contributed by atoms with Crippen LogP contribution in [-0.2, 0) is 23.4 Å². The van der Waals surface area contributed by atoms with Crippen molar-refractivity contribution < 1.29 is 26.2 Å². The van der Waals surface area contributed by atoms with Gasteiger partial charge in [-0.3, -0.25) is 4.55 Å². The summed E-state index contributed by atoms with van der Waals surface area (Å²) in [5.41, 5.74) is 0.882. The molecule has 0 amide bonds. The fraction of sp³-hybridized carbons (Fsp3) is 0.750. The average molecular weight is 379 g/mol. The highest BCUT2D eigenvalue weighted by Crippen LogP contribution is 2.41. The fourth-order valence-electron chi connectivity index (χ4n) is 3.08. The van der Waals surface area contributed by atoms with Crippen LogP contribution in [0.3, 0.4) is 0 Å². The summed E-state index contributed by atoms with van der Waals surface area (Å²) >= 11 is 0. The molecular weight excluding hydrogens is 348 g/mol. The Bertz CT molecular complexity index is 566. The van der Waals surface area contributed by atoms with E-state index in [1.165, 1.54) is 0 Å². The molecule has 0 saturated heterocycles. The molecule has 0 fully saturated rings. The lowest BCUT2D eigenvalue weighted by Crippen LogP contribution is -2.52. The molecular formula is C16H30O6SSi. The molecule has 6 nitrogen and oxygen atoms in total. The number of rotatable bonds is 10. The van der Waals surface area contributed by atoms with Crippen molar-refractivity contribution >= 4 is 18.9 Å². The lowest BCUT2D eigenvalue weighted by molar-refractivity contribution is 0.0790. The molecule has 1 unspecified atom stereocenters. The van der Waals surface area contributed by atoms with Gasteiger partial charge < -0.3 is 13.3 Å². The number of allylic oxidation sites excluding steroid dienone is 3. The zero-order chi connectivity index (χ0) is 18.4. The zero-order valence-electron chi connectivity index (χ0n) is 15.3. The second-order valence-corrected chi connectivity index (χ2v) is 10.2. The maximum Gasteiger partial charge on any atom is 0.533 e. The van der Waals surface area contributed by atoms with E-state index in [2.05, 4.69) is 0 Å². The highest BCUT2D eigenvalue weighted by atomic mass is 32.2. The summed E-state index contributed by atoms with van der Waals surface area (Å²) in [4.78, 5) is 0. The standard InChI is InChI=1S/C16H30O6SSi/c1-6-11-16(23(17,18)19)12-10-14(5)15(13-16)24(20-7-2,21-8-3)22-9-4/h10,12H,6-9,11,13H2,1-5H3,(H,17,18,19). The lowest BCUT2D eigenvalue weighted by atomic mass is 9.92. The topological polar surface area (TPSA) is 82.1 Å². The van der Waals surface area contributed by atoms with Gasteiger partial charge in [0.1, 0.15) is 4.75 Å². The fourth-order valence-corrected chi connectivity index (χ4v) is 7.25. The molecule has 0 aromatic carbocycles. The van der Waals surface area contributed by atoms with Gasteiger partial charge in [-0.1, -0.05) is 25.5 Å². The van der Waals surface area contributed by atoms with Gasteiger partial charge in [0.05, 0.1) is 0 Å². The van der Waals surface area contributed by atoms with E-state index in [1.807, 2.05) is 34.6 Å². The van der Waals surface area contributed by atoms with Gasteiger partial charge in [0.15, 0.2) is 0 Å². The number of hydrogen-bond acceptors (Lipinski definition) is 5. The summed E-state index contributed by atoms with van der Waals surface area (Å²) in [5.74, 6) is 0. The molecule has 8 heteroatoms. The molecule has 0 spiro atoms. The molecule has 1 rings (SSSR count). The summed E-state index contributed by atoms with van der Waals surface area (Å²) < 4.78 is 50.6. The second kappa shape index (κ2) is 8.73. The summed E-state index contributed by atoms with van der Waals surface area (Å²) in [5, 5.41) is 0.738. The predicted octanol–water partition coefficient (Wildman–Crippen LogP) is 3.28. The Kier molecular flexibility index (Phi) is 7.83. The third-order valence-corrected chi connectivity index (χ3v) is 8.98. The van der Waals surface area contributed by atoms with Gasteiger partial charge >= 0.3 is 8.80 Å². The molecule has 0 saturated carbocycles. The molecule has 1 aliphatic rings. The molecule has 0 bridgehead atoms. The van der Waals surface area contributed by atoms with Crippen molar-refractivity contribution in [2.45, 2.75) is 58.6 Å². The third kappa shape index (κ3) is 4.36. The molecule has 140 valence electrons. The van der Waals surface area contributed by atoms with Crippen molar-refractivity contribution in [3.63, 3.8) is 0 Å². The molecule has 1 atom stereocenters. The zero-order valence-corrected chi connectivity index (χ0v) is 17.1. The van der Waals surface area contributed by atoms with E-state index in [4.69, 9.17) is 13.3 Å². The van der Waals surface area contributed by atoms with Crippen molar-refractivity contribution in [2.24, 2.45) is 0 Å². The van der Waals surface area contributed by atoms with E-state index in [1.54, 1.807) is 12.2 Å². The normalized spacial score (nSPS) is 22.2. The van der Waals surface area contributed by atoms with Gasteiger partial charge in [-0.15, -0.1) is 0 Å². The first-order valence-corrected chi connectivity index (χ1v) is 11.7. The quantitative estimate of drug-likeness (QED) is 0.464. The Morgan fingerprint density at radius 3 is 2.00 bits per heavy atom. The van der Waals surface area contributed by atoms with Crippen LogP contribution >= 0.6 is 0 Å². The Labute approximate surface area is 147 Å². The van der Waals surface area contributed by atoms with E-state index in [-0.39, 0.29) is 6.42 Å². The van der Waals surface area contributed by atoms with Crippen molar-refractivity contribution in [1.29, 1.82) is 0 Å². The minimum atomic E-state index is -4.28. The van der Waals surface area contributed by atoms with E-state index in [0.717, 1.165) is 10.8 Å². The molecule has 0 aromatic heterocycles. The van der Waals surface area contributed by atoms with Crippen LogP contribution in [0.1, 0.15) is 53.9 Å². The van der Waals surface area contributed by atoms with Crippen molar-refractivity contribution in [1.82, 2.24) is 0 Å². The summed E-state index contributed by atoms with van der Waals surface area (Å²) in [7, 11) is -7.48. The Morgan fingerprint density at radius 2 is 1.62 bits per heavy atom. The highest BCUT2D eigenvalue weighted by Gasteiger charge is 2.53. The maximum absolute atomic E-state index is 12.1. The van der Waals surface area contributed by atoms with Crippen LogP contribution in [0.2, 0.25) is 0 Å². The number of hydrogen-bond donors (Lipinski definition) is 1. The van der Waals surface area contributed by atoms with Gasteiger partial charge in [0.2, 0.25) is 0 Å². The molecule has 24 heavy (non-hydrogen) atoms. The molecule has 1 aliphatic carbocycles. The van der Waals surface area contributed by atoms with Crippen LogP contribution in [0, 0.1) is 0 Å². The van der Waals surface area contributed by atoms with Crippen molar-refractivity contribution in [3.8, 4) is 0 Å². The highest BCUT2D eigenvalue weighted by molar-refractivity contribution is 7.87. The van der Waals surface area contributed by atoms with Gasteiger partial charge in [0, 0.05) is 25.0 Å². The van der Waals surface area contributed by atoms with Crippen molar-refractivity contribution in [3.05, 3.63) is 22.9 Å². The monoisotopic (exact) mass is 378 g/mol. The second-order valence-electron chi connectivity index (χ2n) is 5.82. The van der Waals surface area contributed by atoms with Crippen LogP contribution < -0.4 is 0 Å². The Hall–Kier alpha value is -0.513. The first kappa shape index (κ1) is 21.5. The van der Waals surface area contributed by atoms with E-state index in [9.17, 15) is 13.0 Å². The van der Waals surface area contributed by atoms with Gasteiger partial charge in [-0.2, -0.15) is 8.42 Å². The minimum Gasteiger partial charge on any atom is -0.370 e. The molecule has 1 N–H and O–H groups in total. The summed E-state index contributed by atoms with van der Waals surface area (Å²) in [6.07, 6.45) is 4.42. The van der Waals surface area contributed by atoms with Crippen LogP contribution in [-0.4, -0.2) is 46.3 Å². The van der Waals surface area contributed by atoms with Gasteiger partial charge in [-0.05, 0) is 46.1 Å². The molecule has 0 aliphatic heterocycles. The van der Waals surface area contributed by atoms with Crippen molar-refractivity contribution in [2.75, 3.05) is 19.8 Å². The minimum absolute atomic E-state index is 0.133. The summed E-state index contributed by atoms with van der Waals surface area (Å²) in [6, 6.07) is 0. The van der Waals surface area contributed by atoms with Gasteiger partial charge in [-0.25, -0.2) is 0 Å². The Balaban J connectivity index is 3.44. The Morgan fingerprint density at radius 1 is 1.12 bits per heavy atom. The first-order valence-electron chi connectivity index (χ1n) is 8.50. The van der Waals surface area contributed by atoms with Crippen LogP contribution in [0.25, 0.3) is 0 Å². The van der Waals surface area contributed by atoms with Crippen LogP contribution in [0.5, 0.6) is 0 Å². The first-order chi connectivity index (χ1) is 11.2. The van der Waals surface area contributed by atoms with Gasteiger partial charge in [0.25, 0.3) is 10.1 Å². The maximum atomic E-state index is 12.1. The van der Waals surface area contributed by atoms with Crippen LogP contribution in [0.15, 0.2) is 22.9 Å². The van der Waals surface area contributed by atoms with Crippen LogP contribution in [0.4, 0.5) is 0 Å². The average Bonchev–Trinajstić information content (AvgIpc) is 2.49.